The highest BCUT2D eigenvalue weighted by Gasteiger charge is 2.24. The Hall–Kier alpha value is -2.34. The molecule has 0 spiro atoms. The Balaban J connectivity index is 3.02. The zero-order chi connectivity index (χ0) is 17.6. The summed E-state index contributed by atoms with van der Waals surface area (Å²) in [4.78, 5) is 41.5. The summed E-state index contributed by atoms with van der Waals surface area (Å²) in [5.41, 5.74) is -2.02. The van der Waals surface area contributed by atoms with Crippen molar-refractivity contribution < 1.29 is 25.2 Å². The summed E-state index contributed by atoms with van der Waals surface area (Å²) >= 11 is 0. The van der Waals surface area contributed by atoms with E-state index in [4.69, 9.17) is 5.11 Å². The van der Waals surface area contributed by atoms with Crippen LogP contribution >= 0.6 is 0 Å². The van der Waals surface area contributed by atoms with Crippen LogP contribution in [-0.2, 0) is 4.79 Å². The molecule has 0 aromatic carbocycles. The minimum atomic E-state index is -1.65. The third-order valence-electron chi connectivity index (χ3n) is 2.84. The van der Waals surface area contributed by atoms with Gasteiger partial charge in [0.2, 0.25) is 0 Å². The average Bonchev–Trinajstić information content (AvgIpc) is 2.53. The summed E-state index contributed by atoms with van der Waals surface area (Å²) in [5.74, 6) is -0.176. The number of H-pyrrole nitrogens is 2. The molecule has 0 saturated heterocycles. The number of aliphatic imine (C=N–C) groups is 1. The minimum Gasteiger partial charge on any atom is -0.394 e. The van der Waals surface area contributed by atoms with E-state index in [9.17, 15) is 29.7 Å². The van der Waals surface area contributed by atoms with E-state index in [-0.39, 0.29) is 23.8 Å². The number of rotatable bonds is 8. The van der Waals surface area contributed by atoms with Crippen molar-refractivity contribution in [2.75, 3.05) is 18.5 Å². The molecule has 3 atom stereocenters. The van der Waals surface area contributed by atoms with E-state index in [1.165, 1.54) is 6.92 Å². The second kappa shape index (κ2) is 8.33. The van der Waals surface area contributed by atoms with Crippen molar-refractivity contribution in [2.24, 2.45) is 4.99 Å². The van der Waals surface area contributed by atoms with Gasteiger partial charge in [0, 0.05) is 6.54 Å². The topological polar surface area (TPSA) is 188 Å². The molecule has 0 aliphatic heterocycles. The highest BCUT2D eigenvalue weighted by molar-refractivity contribution is 6.27. The van der Waals surface area contributed by atoms with E-state index in [0.29, 0.717) is 6.29 Å². The lowest BCUT2D eigenvalue weighted by molar-refractivity contribution is -0.102. The SMILES string of the molecule is CC(C=O)=Nc1c(NC[C@H](O)[C@H](O)[C@H](O)CO)[nH]c(=O)[nH]c1=O. The summed E-state index contributed by atoms with van der Waals surface area (Å²) in [5, 5.41) is 39.6. The Bertz CT molecular complexity index is 681. The molecule has 1 aromatic rings. The van der Waals surface area contributed by atoms with Crippen LogP contribution in [-0.4, -0.2) is 73.9 Å². The second-order valence-electron chi connectivity index (χ2n) is 4.69. The zero-order valence-corrected chi connectivity index (χ0v) is 12.2. The fraction of sp³-hybridized carbons (Fsp3) is 0.500. The molecule has 11 heteroatoms. The molecule has 0 unspecified atom stereocenters. The summed E-state index contributed by atoms with van der Waals surface area (Å²) in [6.07, 6.45) is -4.31. The highest BCUT2D eigenvalue weighted by atomic mass is 16.4. The Kier molecular flexibility index (Phi) is 6.78. The molecule has 0 aliphatic carbocycles. The lowest BCUT2D eigenvalue weighted by atomic mass is 10.1. The van der Waals surface area contributed by atoms with Crippen LogP contribution in [0.5, 0.6) is 0 Å². The highest BCUT2D eigenvalue weighted by Crippen LogP contribution is 2.15. The van der Waals surface area contributed by atoms with Crippen molar-refractivity contribution >= 4 is 23.5 Å². The summed E-state index contributed by atoms with van der Waals surface area (Å²) in [7, 11) is 0. The van der Waals surface area contributed by atoms with Gasteiger partial charge < -0.3 is 25.7 Å². The van der Waals surface area contributed by atoms with Gasteiger partial charge in [0.05, 0.1) is 18.4 Å². The van der Waals surface area contributed by atoms with E-state index in [1.54, 1.807) is 0 Å². The lowest BCUT2D eigenvalue weighted by Crippen LogP contribution is -2.43. The standard InChI is InChI=1S/C12H18N4O7/c1-5(3-17)14-8-10(15-12(23)16-11(8)22)13-2-6(19)9(21)7(20)4-18/h3,6-7,9,18-21H,2,4H2,1H3,(H3,13,15,16,22,23)/t6-,7+,9-/m0/s1. The average molecular weight is 330 g/mol. The first-order valence-corrected chi connectivity index (χ1v) is 6.56. The van der Waals surface area contributed by atoms with Crippen molar-refractivity contribution in [1.29, 1.82) is 0 Å². The van der Waals surface area contributed by atoms with Crippen molar-refractivity contribution in [3.05, 3.63) is 20.8 Å². The second-order valence-corrected chi connectivity index (χ2v) is 4.69. The fourth-order valence-corrected chi connectivity index (χ4v) is 1.61. The predicted octanol–water partition coefficient (Wildman–Crippen LogP) is -3.16. The Labute approximate surface area is 129 Å². The Morgan fingerprint density at radius 1 is 1.26 bits per heavy atom. The van der Waals surface area contributed by atoms with Gasteiger partial charge in [-0.05, 0) is 6.92 Å². The minimum absolute atomic E-state index is 0.0260. The number of carbonyl (C=O) groups excluding carboxylic acids is 1. The maximum absolute atomic E-state index is 11.7. The summed E-state index contributed by atoms with van der Waals surface area (Å²) in [6.45, 7) is 0.214. The van der Waals surface area contributed by atoms with Crippen LogP contribution in [0.3, 0.4) is 0 Å². The van der Waals surface area contributed by atoms with Gasteiger partial charge >= 0.3 is 5.69 Å². The summed E-state index contributed by atoms with van der Waals surface area (Å²) < 4.78 is 0. The number of anilines is 1. The first kappa shape index (κ1) is 18.7. The molecule has 0 fully saturated rings. The predicted molar refractivity (Wildman–Crippen MR) is 80.1 cm³/mol. The molecule has 7 N–H and O–H groups in total. The Morgan fingerprint density at radius 3 is 2.48 bits per heavy atom. The number of aldehydes is 1. The Morgan fingerprint density at radius 2 is 1.91 bits per heavy atom. The number of nitrogens with zero attached hydrogens (tertiary/aromatic N) is 1. The number of aliphatic hydroxyl groups is 4. The van der Waals surface area contributed by atoms with E-state index in [2.05, 4.69) is 15.3 Å². The van der Waals surface area contributed by atoms with Gasteiger partial charge in [-0.2, -0.15) is 0 Å². The monoisotopic (exact) mass is 330 g/mol. The van der Waals surface area contributed by atoms with Crippen LogP contribution in [0.15, 0.2) is 14.6 Å². The molecule has 1 aromatic heterocycles. The molecule has 1 rings (SSSR count). The van der Waals surface area contributed by atoms with Crippen molar-refractivity contribution in [2.45, 2.75) is 25.2 Å². The van der Waals surface area contributed by atoms with E-state index < -0.39 is 36.2 Å². The van der Waals surface area contributed by atoms with Gasteiger partial charge in [-0.15, -0.1) is 0 Å². The quantitative estimate of drug-likeness (QED) is 0.192. The van der Waals surface area contributed by atoms with Crippen molar-refractivity contribution in [1.82, 2.24) is 9.97 Å². The van der Waals surface area contributed by atoms with E-state index >= 15 is 0 Å². The van der Waals surface area contributed by atoms with E-state index in [1.807, 2.05) is 4.98 Å². The third kappa shape index (κ3) is 5.10. The summed E-state index contributed by atoms with van der Waals surface area (Å²) in [6, 6.07) is 0. The van der Waals surface area contributed by atoms with Crippen LogP contribution in [0, 0.1) is 0 Å². The van der Waals surface area contributed by atoms with Gasteiger partial charge in [-0.1, -0.05) is 0 Å². The van der Waals surface area contributed by atoms with E-state index in [0.717, 1.165) is 0 Å². The molecule has 0 radical (unpaired) electrons. The number of carbonyl (C=O) groups is 1. The molecule has 11 nitrogen and oxygen atoms in total. The molecule has 0 amide bonds. The largest absolute Gasteiger partial charge is 0.394 e. The number of aromatic amines is 2. The van der Waals surface area contributed by atoms with Crippen LogP contribution in [0.25, 0.3) is 0 Å². The van der Waals surface area contributed by atoms with Gasteiger partial charge in [0.15, 0.2) is 12.0 Å². The maximum Gasteiger partial charge on any atom is 0.327 e. The zero-order valence-electron chi connectivity index (χ0n) is 12.2. The molecule has 23 heavy (non-hydrogen) atoms. The van der Waals surface area contributed by atoms with Crippen molar-refractivity contribution in [3.8, 4) is 0 Å². The fourth-order valence-electron chi connectivity index (χ4n) is 1.61. The molecule has 0 saturated carbocycles. The normalized spacial score (nSPS) is 15.8. The van der Waals surface area contributed by atoms with Crippen LogP contribution in [0.4, 0.5) is 11.5 Å². The van der Waals surface area contributed by atoms with Gasteiger partial charge in [0.1, 0.15) is 18.0 Å². The van der Waals surface area contributed by atoms with Crippen LogP contribution in [0.1, 0.15) is 6.92 Å². The molecular weight excluding hydrogens is 312 g/mol. The van der Waals surface area contributed by atoms with Crippen LogP contribution in [0.2, 0.25) is 0 Å². The number of hydrogen-bond donors (Lipinski definition) is 7. The first-order valence-electron chi connectivity index (χ1n) is 6.56. The number of aromatic nitrogens is 2. The third-order valence-corrected chi connectivity index (χ3v) is 2.84. The molecule has 0 bridgehead atoms. The smallest absolute Gasteiger partial charge is 0.327 e. The number of nitrogens with one attached hydrogen (secondary N) is 3. The molecule has 128 valence electrons. The first-order chi connectivity index (χ1) is 10.8. The van der Waals surface area contributed by atoms with Crippen molar-refractivity contribution in [3.63, 3.8) is 0 Å². The molecule has 0 aliphatic rings. The molecule has 1 heterocycles. The maximum atomic E-state index is 11.7. The molecular formula is C12H18N4O7. The lowest BCUT2D eigenvalue weighted by Gasteiger charge is -2.22. The van der Waals surface area contributed by atoms with Gasteiger partial charge in [-0.3, -0.25) is 19.6 Å². The van der Waals surface area contributed by atoms with Gasteiger partial charge in [0.25, 0.3) is 5.56 Å². The number of hydrogen-bond acceptors (Lipinski definition) is 9. The number of aliphatic hydroxyl groups excluding tert-OH is 4. The van der Waals surface area contributed by atoms with Crippen LogP contribution < -0.4 is 16.6 Å². The van der Waals surface area contributed by atoms with Gasteiger partial charge in [-0.25, -0.2) is 9.79 Å².